The molecular weight excluding hydrogens is 436 g/mol. The summed E-state index contributed by atoms with van der Waals surface area (Å²) in [6.07, 6.45) is 0. The molecule has 124 valence electrons. The molecule has 1 aliphatic rings. The van der Waals surface area contributed by atoms with Gasteiger partial charge in [0.05, 0.1) is 6.54 Å². The maximum Gasteiger partial charge on any atom is 0.191 e. The van der Waals surface area contributed by atoms with Gasteiger partial charge < -0.3 is 10.6 Å². The van der Waals surface area contributed by atoms with Crippen molar-refractivity contribution in [1.82, 2.24) is 4.90 Å². The first-order valence-electron chi connectivity index (χ1n) is 6.98. The number of aliphatic imine (C=N–C) groups is 1. The molecule has 0 radical (unpaired) electrons. The SMILES string of the molecule is CC(C)(CN=C(N)N1CCSCC1)c1ccc(F)cc1Cl.I. The number of hydrogen-bond acceptors (Lipinski definition) is 2. The minimum atomic E-state index is -0.326. The van der Waals surface area contributed by atoms with Crippen LogP contribution in [0.25, 0.3) is 0 Å². The Morgan fingerprint density at radius 2 is 2.05 bits per heavy atom. The fraction of sp³-hybridized carbons (Fsp3) is 0.533. The van der Waals surface area contributed by atoms with E-state index in [9.17, 15) is 4.39 Å². The summed E-state index contributed by atoms with van der Waals surface area (Å²) in [7, 11) is 0. The van der Waals surface area contributed by atoms with Gasteiger partial charge in [0.25, 0.3) is 0 Å². The van der Waals surface area contributed by atoms with Gasteiger partial charge in [-0.05, 0) is 17.7 Å². The molecule has 3 nitrogen and oxygen atoms in total. The summed E-state index contributed by atoms with van der Waals surface area (Å²) in [5.41, 5.74) is 6.66. The van der Waals surface area contributed by atoms with E-state index < -0.39 is 0 Å². The molecule has 0 saturated carbocycles. The number of benzene rings is 1. The van der Waals surface area contributed by atoms with Gasteiger partial charge >= 0.3 is 0 Å². The van der Waals surface area contributed by atoms with Crippen molar-refractivity contribution in [2.75, 3.05) is 31.1 Å². The lowest BCUT2D eigenvalue weighted by Crippen LogP contribution is -2.43. The predicted octanol–water partition coefficient (Wildman–Crippen LogP) is 3.74. The number of guanidine groups is 1. The second kappa shape index (κ2) is 8.59. The Morgan fingerprint density at radius 1 is 1.41 bits per heavy atom. The first-order valence-corrected chi connectivity index (χ1v) is 8.51. The van der Waals surface area contributed by atoms with Gasteiger partial charge in [-0.3, -0.25) is 4.99 Å². The molecule has 0 amide bonds. The van der Waals surface area contributed by atoms with Gasteiger partial charge in [0.1, 0.15) is 5.82 Å². The third-order valence-electron chi connectivity index (χ3n) is 3.63. The number of nitrogens with zero attached hydrogens (tertiary/aromatic N) is 2. The molecular formula is C15H22ClFIN3S. The summed E-state index contributed by atoms with van der Waals surface area (Å²) in [6.45, 7) is 6.48. The van der Waals surface area contributed by atoms with E-state index in [0.717, 1.165) is 30.2 Å². The minimum Gasteiger partial charge on any atom is -0.370 e. The molecule has 0 bridgehead atoms. The van der Waals surface area contributed by atoms with Crippen LogP contribution in [0, 0.1) is 5.82 Å². The average molecular weight is 458 g/mol. The highest BCUT2D eigenvalue weighted by Gasteiger charge is 2.24. The van der Waals surface area contributed by atoms with Crippen LogP contribution in [0.1, 0.15) is 19.4 Å². The van der Waals surface area contributed by atoms with Crippen molar-refractivity contribution in [3.8, 4) is 0 Å². The zero-order valence-electron chi connectivity index (χ0n) is 12.8. The normalized spacial score (nSPS) is 16.4. The first-order chi connectivity index (χ1) is 9.90. The summed E-state index contributed by atoms with van der Waals surface area (Å²) in [6, 6.07) is 4.49. The molecule has 1 aliphatic heterocycles. The molecule has 1 fully saturated rings. The highest BCUT2D eigenvalue weighted by molar-refractivity contribution is 14.0. The van der Waals surface area contributed by atoms with Crippen molar-refractivity contribution in [1.29, 1.82) is 0 Å². The lowest BCUT2D eigenvalue weighted by molar-refractivity contribution is 0.449. The molecule has 1 aromatic rings. The quantitative estimate of drug-likeness (QED) is 0.427. The van der Waals surface area contributed by atoms with Gasteiger partial charge in [-0.1, -0.05) is 31.5 Å². The summed E-state index contributed by atoms with van der Waals surface area (Å²) >= 11 is 8.08. The Hall–Kier alpha value is -0.210. The van der Waals surface area contributed by atoms with E-state index in [-0.39, 0.29) is 35.2 Å². The number of hydrogen-bond donors (Lipinski definition) is 1. The van der Waals surface area contributed by atoms with Crippen LogP contribution in [-0.2, 0) is 5.41 Å². The van der Waals surface area contributed by atoms with Crippen molar-refractivity contribution >= 4 is 53.3 Å². The van der Waals surface area contributed by atoms with Gasteiger partial charge in [-0.2, -0.15) is 11.8 Å². The largest absolute Gasteiger partial charge is 0.370 e. The monoisotopic (exact) mass is 457 g/mol. The molecule has 0 aromatic heterocycles. The Balaban J connectivity index is 0.00000242. The Bertz CT molecular complexity index is 534. The van der Waals surface area contributed by atoms with Crippen LogP contribution < -0.4 is 5.73 Å². The third kappa shape index (κ3) is 5.16. The standard InChI is InChI=1S/C15H21ClFN3S.HI/c1-15(2,12-4-3-11(17)9-13(12)16)10-19-14(18)20-5-7-21-8-6-20;/h3-4,9H,5-8,10H2,1-2H3,(H2,18,19);1H. The minimum absolute atomic E-state index is 0. The molecule has 1 heterocycles. The van der Waals surface area contributed by atoms with Gasteiger partial charge in [0.15, 0.2) is 5.96 Å². The van der Waals surface area contributed by atoms with E-state index in [1.54, 1.807) is 6.07 Å². The topological polar surface area (TPSA) is 41.6 Å². The highest BCUT2D eigenvalue weighted by atomic mass is 127. The van der Waals surface area contributed by atoms with Gasteiger partial charge in [-0.15, -0.1) is 24.0 Å². The molecule has 0 atom stereocenters. The van der Waals surface area contributed by atoms with E-state index in [1.807, 2.05) is 25.6 Å². The predicted molar refractivity (Wildman–Crippen MR) is 105 cm³/mol. The van der Waals surface area contributed by atoms with E-state index in [1.165, 1.54) is 12.1 Å². The molecule has 1 saturated heterocycles. The lowest BCUT2D eigenvalue weighted by Gasteiger charge is -2.29. The van der Waals surface area contributed by atoms with E-state index in [0.29, 0.717) is 17.5 Å². The summed E-state index contributed by atoms with van der Waals surface area (Å²) in [5.74, 6) is 2.43. The smallest absolute Gasteiger partial charge is 0.191 e. The van der Waals surface area contributed by atoms with Crippen LogP contribution in [0.2, 0.25) is 5.02 Å². The summed E-state index contributed by atoms with van der Waals surface area (Å²) in [5, 5.41) is 0.433. The molecule has 7 heteroatoms. The maximum absolute atomic E-state index is 13.2. The van der Waals surface area contributed by atoms with Crippen LogP contribution in [0.3, 0.4) is 0 Å². The molecule has 0 spiro atoms. The number of thioether (sulfide) groups is 1. The van der Waals surface area contributed by atoms with Crippen LogP contribution >= 0.6 is 47.3 Å². The van der Waals surface area contributed by atoms with Crippen LogP contribution in [-0.4, -0.2) is 42.0 Å². The molecule has 2 N–H and O–H groups in total. The highest BCUT2D eigenvalue weighted by Crippen LogP contribution is 2.30. The van der Waals surface area contributed by atoms with Gasteiger partial charge in [-0.25, -0.2) is 4.39 Å². The zero-order valence-corrected chi connectivity index (χ0v) is 16.7. The van der Waals surface area contributed by atoms with E-state index in [4.69, 9.17) is 17.3 Å². The molecule has 0 aliphatic carbocycles. The Morgan fingerprint density at radius 3 is 2.64 bits per heavy atom. The second-order valence-electron chi connectivity index (χ2n) is 5.78. The second-order valence-corrected chi connectivity index (χ2v) is 7.41. The Kier molecular flexibility index (Phi) is 7.74. The number of rotatable bonds is 3. The van der Waals surface area contributed by atoms with Gasteiger partial charge in [0.2, 0.25) is 0 Å². The molecule has 22 heavy (non-hydrogen) atoms. The van der Waals surface area contributed by atoms with Gasteiger partial charge in [0, 0.05) is 35.0 Å². The van der Waals surface area contributed by atoms with Crippen LogP contribution in [0.4, 0.5) is 4.39 Å². The van der Waals surface area contributed by atoms with Crippen LogP contribution in [0.15, 0.2) is 23.2 Å². The molecule has 0 unspecified atom stereocenters. The molecule has 1 aromatic carbocycles. The van der Waals surface area contributed by atoms with E-state index >= 15 is 0 Å². The average Bonchev–Trinajstić information content (AvgIpc) is 2.45. The summed E-state index contributed by atoms with van der Waals surface area (Å²) in [4.78, 5) is 6.63. The third-order valence-corrected chi connectivity index (χ3v) is 4.89. The fourth-order valence-corrected chi connectivity index (χ4v) is 3.62. The van der Waals surface area contributed by atoms with E-state index in [2.05, 4.69) is 9.89 Å². The van der Waals surface area contributed by atoms with Crippen molar-refractivity contribution in [2.24, 2.45) is 10.7 Å². The number of nitrogens with two attached hydrogens (primary N) is 1. The molecule has 2 rings (SSSR count). The van der Waals surface area contributed by atoms with Crippen molar-refractivity contribution in [2.45, 2.75) is 19.3 Å². The zero-order chi connectivity index (χ0) is 15.5. The first kappa shape index (κ1) is 19.8. The van der Waals surface area contributed by atoms with Crippen molar-refractivity contribution in [3.63, 3.8) is 0 Å². The maximum atomic E-state index is 13.2. The van der Waals surface area contributed by atoms with Crippen molar-refractivity contribution in [3.05, 3.63) is 34.6 Å². The number of halogens is 3. The van der Waals surface area contributed by atoms with Crippen molar-refractivity contribution < 1.29 is 4.39 Å². The fourth-order valence-electron chi connectivity index (χ4n) is 2.29. The summed E-state index contributed by atoms with van der Waals surface area (Å²) < 4.78 is 13.2. The van der Waals surface area contributed by atoms with Crippen LogP contribution in [0.5, 0.6) is 0 Å². The lowest BCUT2D eigenvalue weighted by atomic mass is 9.84. The Labute approximate surface area is 157 Å².